The van der Waals surface area contributed by atoms with Gasteiger partial charge in [-0.25, -0.2) is 9.78 Å². The maximum Gasteiger partial charge on any atom is 0.341 e. The number of hydrogen-bond donors (Lipinski definition) is 2. The minimum atomic E-state index is -1.00. The van der Waals surface area contributed by atoms with Gasteiger partial charge in [0.2, 0.25) is 0 Å². The molecule has 1 fully saturated rings. The minimum absolute atomic E-state index is 0.135. The zero-order valence-corrected chi connectivity index (χ0v) is 12.3. The second-order valence-electron chi connectivity index (χ2n) is 5.53. The van der Waals surface area contributed by atoms with Crippen molar-refractivity contribution in [2.45, 2.75) is 25.7 Å². The van der Waals surface area contributed by atoms with Gasteiger partial charge < -0.3 is 19.9 Å². The summed E-state index contributed by atoms with van der Waals surface area (Å²) >= 11 is 0. The van der Waals surface area contributed by atoms with Gasteiger partial charge in [-0.3, -0.25) is 0 Å². The molecule has 0 atom stereocenters. The molecule has 1 aromatic heterocycles. The molecule has 6 nitrogen and oxygen atoms in total. The maximum atomic E-state index is 10.6. The maximum absolute atomic E-state index is 10.6. The molecule has 1 heterocycles. The van der Waals surface area contributed by atoms with Crippen molar-refractivity contribution in [2.24, 2.45) is 5.41 Å². The van der Waals surface area contributed by atoms with Gasteiger partial charge in [0.25, 0.3) is 0 Å². The molecular weight excluding hydrogens is 272 g/mol. The minimum Gasteiger partial charge on any atom is -0.479 e. The molecule has 0 amide bonds. The van der Waals surface area contributed by atoms with Gasteiger partial charge in [0.05, 0.1) is 6.61 Å². The van der Waals surface area contributed by atoms with Gasteiger partial charge in [-0.1, -0.05) is 12.8 Å². The van der Waals surface area contributed by atoms with E-state index in [9.17, 15) is 4.79 Å². The molecule has 0 aromatic carbocycles. The Bertz CT molecular complexity index is 472. The first-order valence-electron chi connectivity index (χ1n) is 7.18. The number of aliphatic carboxylic acids is 1. The van der Waals surface area contributed by atoms with Gasteiger partial charge >= 0.3 is 5.97 Å². The standard InChI is InChI=1S/C15H22N2O4/c1-20-11-15(6-2-3-7-15)10-17-14-12(5-4-8-16-14)21-9-13(18)19/h4-5,8H,2-3,6-7,9-11H2,1H3,(H,16,17)(H,18,19). The van der Waals surface area contributed by atoms with Crippen LogP contribution in [0.2, 0.25) is 0 Å². The van der Waals surface area contributed by atoms with Gasteiger partial charge in [-0.2, -0.15) is 0 Å². The summed E-state index contributed by atoms with van der Waals surface area (Å²) in [5.41, 5.74) is 0.135. The average Bonchev–Trinajstić information content (AvgIpc) is 2.93. The van der Waals surface area contributed by atoms with Crippen molar-refractivity contribution < 1.29 is 19.4 Å². The predicted molar refractivity (Wildman–Crippen MR) is 78.6 cm³/mol. The third kappa shape index (κ3) is 4.32. The number of carboxylic acids is 1. The van der Waals surface area contributed by atoms with E-state index in [1.807, 2.05) is 0 Å². The molecule has 1 aliphatic rings. The molecule has 0 bridgehead atoms. The molecule has 116 valence electrons. The first kappa shape index (κ1) is 15.6. The molecule has 0 radical (unpaired) electrons. The van der Waals surface area contributed by atoms with Crippen LogP contribution in [0.15, 0.2) is 18.3 Å². The fourth-order valence-corrected chi connectivity index (χ4v) is 2.85. The molecule has 0 saturated heterocycles. The largest absolute Gasteiger partial charge is 0.479 e. The quantitative estimate of drug-likeness (QED) is 0.765. The summed E-state index contributed by atoms with van der Waals surface area (Å²) in [5.74, 6) is 0.0445. The lowest BCUT2D eigenvalue weighted by Crippen LogP contribution is -2.31. The van der Waals surface area contributed by atoms with E-state index in [0.29, 0.717) is 11.6 Å². The van der Waals surface area contributed by atoms with Crippen molar-refractivity contribution in [1.29, 1.82) is 0 Å². The van der Waals surface area contributed by atoms with E-state index in [1.165, 1.54) is 12.8 Å². The van der Waals surface area contributed by atoms with Gasteiger partial charge in [-0.05, 0) is 25.0 Å². The first-order chi connectivity index (χ1) is 10.2. The highest BCUT2D eigenvalue weighted by atomic mass is 16.5. The Kier molecular flexibility index (Phi) is 5.38. The summed E-state index contributed by atoms with van der Waals surface area (Å²) in [4.78, 5) is 14.8. The molecule has 6 heteroatoms. The highest BCUT2D eigenvalue weighted by Crippen LogP contribution is 2.38. The van der Waals surface area contributed by atoms with Crippen LogP contribution in [0.25, 0.3) is 0 Å². The number of nitrogens with one attached hydrogen (secondary N) is 1. The van der Waals surface area contributed by atoms with E-state index in [-0.39, 0.29) is 12.0 Å². The third-order valence-electron chi connectivity index (χ3n) is 3.87. The van der Waals surface area contributed by atoms with Crippen LogP contribution in [-0.2, 0) is 9.53 Å². The lowest BCUT2D eigenvalue weighted by atomic mass is 9.87. The number of nitrogens with zero attached hydrogens (tertiary/aromatic N) is 1. The molecule has 1 aromatic rings. The van der Waals surface area contributed by atoms with E-state index in [1.54, 1.807) is 25.4 Å². The van der Waals surface area contributed by atoms with Crippen molar-refractivity contribution in [1.82, 2.24) is 4.98 Å². The van der Waals surface area contributed by atoms with Crippen LogP contribution in [0.3, 0.4) is 0 Å². The highest BCUT2D eigenvalue weighted by molar-refractivity contribution is 5.68. The van der Waals surface area contributed by atoms with Crippen LogP contribution >= 0.6 is 0 Å². The van der Waals surface area contributed by atoms with Gasteiger partial charge in [0, 0.05) is 25.3 Å². The summed E-state index contributed by atoms with van der Waals surface area (Å²) in [7, 11) is 1.72. The summed E-state index contributed by atoms with van der Waals surface area (Å²) in [6.07, 6.45) is 6.36. The van der Waals surface area contributed by atoms with Crippen molar-refractivity contribution in [3.05, 3.63) is 18.3 Å². The van der Waals surface area contributed by atoms with Crippen LogP contribution in [0, 0.1) is 5.41 Å². The van der Waals surface area contributed by atoms with Gasteiger partial charge in [-0.15, -0.1) is 0 Å². The smallest absolute Gasteiger partial charge is 0.341 e. The molecular formula is C15H22N2O4. The van der Waals surface area contributed by atoms with Crippen molar-refractivity contribution >= 4 is 11.8 Å². The van der Waals surface area contributed by atoms with Crippen molar-refractivity contribution in [3.63, 3.8) is 0 Å². The molecule has 1 aliphatic carbocycles. The number of anilines is 1. The fourth-order valence-electron chi connectivity index (χ4n) is 2.85. The number of rotatable bonds is 8. The summed E-state index contributed by atoms with van der Waals surface area (Å²) in [6.45, 7) is 1.10. The Morgan fingerprint density at radius 3 is 2.90 bits per heavy atom. The lowest BCUT2D eigenvalue weighted by molar-refractivity contribution is -0.139. The van der Waals surface area contributed by atoms with Crippen LogP contribution < -0.4 is 10.1 Å². The Morgan fingerprint density at radius 2 is 2.24 bits per heavy atom. The van der Waals surface area contributed by atoms with E-state index in [4.69, 9.17) is 14.6 Å². The molecule has 21 heavy (non-hydrogen) atoms. The molecule has 2 N–H and O–H groups in total. The molecule has 1 saturated carbocycles. The topological polar surface area (TPSA) is 80.7 Å². The number of pyridine rings is 1. The fraction of sp³-hybridized carbons (Fsp3) is 0.600. The second kappa shape index (κ2) is 7.26. The van der Waals surface area contributed by atoms with E-state index < -0.39 is 5.97 Å². The van der Waals surface area contributed by atoms with Gasteiger partial charge in [0.1, 0.15) is 0 Å². The van der Waals surface area contributed by atoms with Gasteiger partial charge in [0.15, 0.2) is 18.2 Å². The normalized spacial score (nSPS) is 16.6. The number of carbonyl (C=O) groups is 1. The Hall–Kier alpha value is -1.82. The zero-order chi connectivity index (χ0) is 15.1. The summed E-state index contributed by atoms with van der Waals surface area (Å²) in [5, 5.41) is 12.0. The number of carboxylic acid groups (broad SMARTS) is 1. The average molecular weight is 294 g/mol. The molecule has 0 unspecified atom stereocenters. The molecule has 0 aliphatic heterocycles. The van der Waals surface area contributed by atoms with Crippen molar-refractivity contribution in [2.75, 3.05) is 32.2 Å². The Balaban J connectivity index is 2.00. The lowest BCUT2D eigenvalue weighted by Gasteiger charge is -2.28. The number of methoxy groups -OCH3 is 1. The van der Waals surface area contributed by atoms with Crippen LogP contribution in [-0.4, -0.2) is 42.9 Å². The SMILES string of the molecule is COCC1(CNc2ncccc2OCC(=O)O)CCCC1. The van der Waals surface area contributed by atoms with E-state index in [0.717, 1.165) is 26.0 Å². The Labute approximate surface area is 124 Å². The molecule has 0 spiro atoms. The number of ether oxygens (including phenoxy) is 2. The third-order valence-corrected chi connectivity index (χ3v) is 3.87. The van der Waals surface area contributed by atoms with E-state index >= 15 is 0 Å². The zero-order valence-electron chi connectivity index (χ0n) is 12.3. The monoisotopic (exact) mass is 294 g/mol. The molecule has 2 rings (SSSR count). The summed E-state index contributed by atoms with van der Waals surface area (Å²) < 4.78 is 10.6. The van der Waals surface area contributed by atoms with Crippen molar-refractivity contribution in [3.8, 4) is 5.75 Å². The van der Waals surface area contributed by atoms with Crippen LogP contribution in [0.1, 0.15) is 25.7 Å². The first-order valence-corrected chi connectivity index (χ1v) is 7.18. The predicted octanol–water partition coefficient (Wildman–Crippen LogP) is 2.16. The van der Waals surface area contributed by atoms with Crippen LogP contribution in [0.4, 0.5) is 5.82 Å². The number of hydrogen-bond acceptors (Lipinski definition) is 5. The van der Waals surface area contributed by atoms with Crippen LogP contribution in [0.5, 0.6) is 5.75 Å². The van der Waals surface area contributed by atoms with E-state index in [2.05, 4.69) is 10.3 Å². The number of aromatic nitrogens is 1. The summed E-state index contributed by atoms with van der Waals surface area (Å²) in [6, 6.07) is 3.44. The second-order valence-corrected chi connectivity index (χ2v) is 5.53. The Morgan fingerprint density at radius 1 is 1.48 bits per heavy atom. The highest BCUT2D eigenvalue weighted by Gasteiger charge is 2.34.